The van der Waals surface area contributed by atoms with Crippen molar-refractivity contribution in [1.82, 2.24) is 10.3 Å². The van der Waals surface area contributed by atoms with Gasteiger partial charge in [0.2, 0.25) is 0 Å². The lowest BCUT2D eigenvalue weighted by atomic mass is 10.0. The second-order valence-corrected chi connectivity index (χ2v) is 7.22. The number of aryl methyl sites for hydroxylation is 1. The summed E-state index contributed by atoms with van der Waals surface area (Å²) in [5, 5.41) is 6.33. The molecule has 1 N–H and O–H groups in total. The zero-order valence-corrected chi connectivity index (χ0v) is 14.8. The van der Waals surface area contributed by atoms with Crippen LogP contribution >= 0.6 is 23.6 Å². The van der Waals surface area contributed by atoms with Gasteiger partial charge in [-0.25, -0.2) is 0 Å². The summed E-state index contributed by atoms with van der Waals surface area (Å²) in [6, 6.07) is 18.9. The Bertz CT molecular complexity index is 846. The molecule has 3 nitrogen and oxygen atoms in total. The summed E-state index contributed by atoms with van der Waals surface area (Å²) in [5.41, 5.74) is 3.35. The molecule has 24 heavy (non-hydrogen) atoms. The van der Waals surface area contributed by atoms with Crippen LogP contribution in [0, 0.1) is 6.92 Å². The topological polar surface area (TPSA) is 28.2 Å². The molecule has 3 aromatic rings. The van der Waals surface area contributed by atoms with Crippen molar-refractivity contribution >= 4 is 34.4 Å². The van der Waals surface area contributed by atoms with E-state index in [1.54, 1.807) is 11.3 Å². The van der Waals surface area contributed by atoms with Crippen molar-refractivity contribution in [2.45, 2.75) is 19.0 Å². The first kappa shape index (κ1) is 15.3. The van der Waals surface area contributed by atoms with Crippen molar-refractivity contribution in [2.24, 2.45) is 0 Å². The predicted octanol–water partition coefficient (Wildman–Crippen LogP) is 4.63. The molecule has 0 saturated carbocycles. The van der Waals surface area contributed by atoms with Crippen LogP contribution in [0.1, 0.15) is 28.2 Å². The van der Waals surface area contributed by atoms with Crippen LogP contribution in [0.15, 0.2) is 66.2 Å². The molecule has 0 bridgehead atoms. The minimum absolute atomic E-state index is 0.0397. The fourth-order valence-electron chi connectivity index (χ4n) is 3.16. The third-order valence-corrected chi connectivity index (χ3v) is 5.47. The minimum atomic E-state index is 0.0397. The number of benzene rings is 1. The smallest absolute Gasteiger partial charge is 0.174 e. The molecule has 2 aromatic heterocycles. The molecular weight excluding hydrogens is 334 g/mol. The highest BCUT2D eigenvalue weighted by atomic mass is 32.1. The molecule has 1 fully saturated rings. The van der Waals surface area contributed by atoms with Gasteiger partial charge in [-0.15, -0.1) is 11.3 Å². The van der Waals surface area contributed by atoms with E-state index in [1.807, 2.05) is 18.3 Å². The van der Waals surface area contributed by atoms with Crippen molar-refractivity contribution in [3.63, 3.8) is 0 Å². The molecule has 3 heterocycles. The highest BCUT2D eigenvalue weighted by Crippen LogP contribution is 2.42. The monoisotopic (exact) mass is 351 g/mol. The maximum absolute atomic E-state index is 5.69. The average molecular weight is 352 g/mol. The number of thiocarbonyl (C=S) groups is 1. The molecule has 120 valence electrons. The maximum Gasteiger partial charge on any atom is 0.174 e. The SMILES string of the molecule is Cc1cccc(N2C(=S)N[C@@H](c3ccccn3)[C@H]2c2cccs2)c1. The number of pyridine rings is 1. The fraction of sp³-hybridized carbons (Fsp3) is 0.158. The molecule has 2 atom stereocenters. The van der Waals surface area contributed by atoms with Crippen LogP contribution in [0.5, 0.6) is 0 Å². The number of hydrogen-bond acceptors (Lipinski definition) is 3. The first-order valence-electron chi connectivity index (χ1n) is 7.85. The number of thiophene rings is 1. The molecule has 5 heteroatoms. The van der Waals surface area contributed by atoms with Gasteiger partial charge >= 0.3 is 0 Å². The number of nitrogens with zero attached hydrogens (tertiary/aromatic N) is 2. The van der Waals surface area contributed by atoms with Crippen LogP contribution in [-0.4, -0.2) is 10.1 Å². The third-order valence-electron chi connectivity index (χ3n) is 4.21. The zero-order chi connectivity index (χ0) is 16.5. The summed E-state index contributed by atoms with van der Waals surface area (Å²) >= 11 is 7.44. The van der Waals surface area contributed by atoms with Crippen LogP contribution in [-0.2, 0) is 0 Å². The van der Waals surface area contributed by atoms with E-state index in [-0.39, 0.29) is 12.1 Å². The van der Waals surface area contributed by atoms with Crippen LogP contribution < -0.4 is 10.2 Å². The molecule has 0 aliphatic carbocycles. The zero-order valence-electron chi connectivity index (χ0n) is 13.2. The number of hydrogen-bond donors (Lipinski definition) is 1. The van der Waals surface area contributed by atoms with Gasteiger partial charge in [0, 0.05) is 16.8 Å². The number of nitrogens with one attached hydrogen (secondary N) is 1. The molecule has 0 spiro atoms. The standard InChI is InChI=1S/C19H17N3S2/c1-13-6-4-7-14(12-13)22-18(16-9-5-11-24-16)17(21-19(22)23)15-8-2-3-10-20-15/h2-12,17-18H,1H3,(H,21,23)/t17-,18+/m0/s1. The second-order valence-electron chi connectivity index (χ2n) is 5.85. The van der Waals surface area contributed by atoms with Crippen molar-refractivity contribution in [1.29, 1.82) is 0 Å². The van der Waals surface area contributed by atoms with Gasteiger partial charge in [-0.2, -0.15) is 0 Å². The summed E-state index contributed by atoms with van der Waals surface area (Å²) in [4.78, 5) is 8.05. The Kier molecular flexibility index (Phi) is 4.04. The van der Waals surface area contributed by atoms with Crippen LogP contribution in [0.25, 0.3) is 0 Å². The Morgan fingerprint density at radius 3 is 2.75 bits per heavy atom. The lowest BCUT2D eigenvalue weighted by molar-refractivity contribution is 0.575. The van der Waals surface area contributed by atoms with Gasteiger partial charge in [0.05, 0.1) is 17.8 Å². The molecule has 0 amide bonds. The lowest BCUT2D eigenvalue weighted by Gasteiger charge is -2.27. The molecule has 1 saturated heterocycles. The van der Waals surface area contributed by atoms with Crippen molar-refractivity contribution in [3.8, 4) is 0 Å². The molecule has 0 unspecified atom stereocenters. The quantitative estimate of drug-likeness (QED) is 0.697. The van der Waals surface area contributed by atoms with E-state index in [4.69, 9.17) is 12.2 Å². The van der Waals surface area contributed by atoms with E-state index >= 15 is 0 Å². The minimum Gasteiger partial charge on any atom is -0.351 e. The second kappa shape index (κ2) is 6.34. The molecule has 1 aliphatic rings. The Morgan fingerprint density at radius 1 is 1.12 bits per heavy atom. The first-order valence-corrected chi connectivity index (χ1v) is 9.13. The van der Waals surface area contributed by atoms with Gasteiger partial charge in [-0.05, 0) is 60.4 Å². The highest BCUT2D eigenvalue weighted by Gasteiger charge is 2.41. The van der Waals surface area contributed by atoms with Gasteiger partial charge in [0.25, 0.3) is 0 Å². The Hall–Kier alpha value is -2.24. The molecule has 1 aliphatic heterocycles. The summed E-state index contributed by atoms with van der Waals surface area (Å²) in [6.07, 6.45) is 1.83. The van der Waals surface area contributed by atoms with Crippen molar-refractivity contribution in [2.75, 3.05) is 4.90 Å². The molecule has 4 rings (SSSR count). The van der Waals surface area contributed by atoms with Crippen molar-refractivity contribution < 1.29 is 0 Å². The van der Waals surface area contributed by atoms with E-state index < -0.39 is 0 Å². The predicted molar refractivity (Wildman–Crippen MR) is 103 cm³/mol. The van der Waals surface area contributed by atoms with Crippen LogP contribution in [0.3, 0.4) is 0 Å². The summed E-state index contributed by atoms with van der Waals surface area (Å²) in [5.74, 6) is 0. The van der Waals surface area contributed by atoms with Gasteiger partial charge in [0.1, 0.15) is 0 Å². The molecule has 0 radical (unpaired) electrons. The van der Waals surface area contributed by atoms with Gasteiger partial charge in [-0.3, -0.25) is 4.98 Å². The van der Waals surface area contributed by atoms with Crippen LogP contribution in [0.2, 0.25) is 0 Å². The van der Waals surface area contributed by atoms with E-state index in [0.717, 1.165) is 16.5 Å². The van der Waals surface area contributed by atoms with Gasteiger partial charge < -0.3 is 10.2 Å². The van der Waals surface area contributed by atoms with E-state index in [9.17, 15) is 0 Å². The van der Waals surface area contributed by atoms with Gasteiger partial charge in [-0.1, -0.05) is 24.3 Å². The number of rotatable bonds is 3. The third kappa shape index (κ3) is 2.70. The van der Waals surface area contributed by atoms with E-state index in [1.165, 1.54) is 10.4 Å². The van der Waals surface area contributed by atoms with Gasteiger partial charge in [0.15, 0.2) is 5.11 Å². The Morgan fingerprint density at radius 2 is 2.04 bits per heavy atom. The van der Waals surface area contributed by atoms with Crippen molar-refractivity contribution in [3.05, 3.63) is 82.3 Å². The van der Waals surface area contributed by atoms with Crippen LogP contribution in [0.4, 0.5) is 5.69 Å². The molecular formula is C19H17N3S2. The lowest BCUT2D eigenvalue weighted by Crippen LogP contribution is -2.29. The number of anilines is 1. The molecule has 1 aromatic carbocycles. The summed E-state index contributed by atoms with van der Waals surface area (Å²) in [7, 11) is 0. The highest BCUT2D eigenvalue weighted by molar-refractivity contribution is 7.80. The summed E-state index contributed by atoms with van der Waals surface area (Å²) in [6.45, 7) is 2.10. The number of aromatic nitrogens is 1. The fourth-order valence-corrected chi connectivity index (χ4v) is 4.36. The maximum atomic E-state index is 5.69. The Balaban J connectivity index is 1.82. The summed E-state index contributed by atoms with van der Waals surface area (Å²) < 4.78 is 0. The average Bonchev–Trinajstić information content (AvgIpc) is 3.23. The first-order chi connectivity index (χ1) is 11.7. The largest absolute Gasteiger partial charge is 0.351 e. The van der Waals surface area contributed by atoms with E-state index in [2.05, 4.69) is 70.0 Å². The Labute approximate surface area is 151 Å². The normalized spacial score (nSPS) is 20.2. The van der Waals surface area contributed by atoms with E-state index in [0.29, 0.717) is 0 Å².